The van der Waals surface area contributed by atoms with Crippen molar-refractivity contribution < 1.29 is 28.6 Å². The minimum atomic E-state index is -0.570. The number of hydrogen-bond donors (Lipinski definition) is 0. The van der Waals surface area contributed by atoms with Gasteiger partial charge >= 0.3 is 0 Å². The second-order valence-electron chi connectivity index (χ2n) is 6.76. The Kier molecular flexibility index (Phi) is 5.07. The molecule has 150 valence electrons. The van der Waals surface area contributed by atoms with E-state index in [1.165, 1.54) is 18.9 Å². The molecule has 0 saturated heterocycles. The molecule has 1 aliphatic rings. The number of para-hydroxylation sites is 1. The highest BCUT2D eigenvalue weighted by Gasteiger charge is 2.38. The fourth-order valence-electron chi connectivity index (χ4n) is 3.29. The molecule has 29 heavy (non-hydrogen) atoms. The largest absolute Gasteiger partial charge is 0.539 e. The first kappa shape index (κ1) is 18.8. The summed E-state index contributed by atoms with van der Waals surface area (Å²) in [6.07, 6.45) is 1.74. The summed E-state index contributed by atoms with van der Waals surface area (Å²) in [7, 11) is 3.01. The average Bonchev–Trinajstić information content (AvgIpc) is 3.54. The second-order valence-corrected chi connectivity index (χ2v) is 6.76. The number of nitrogens with zero attached hydrogens (tertiary/aromatic N) is 3. The van der Waals surface area contributed by atoms with Crippen molar-refractivity contribution in [1.82, 2.24) is 10.2 Å². The molecule has 4 rings (SSSR count). The number of benzene rings is 2. The van der Waals surface area contributed by atoms with E-state index in [2.05, 4.69) is 5.27 Å². The smallest absolute Gasteiger partial charge is 0.262 e. The van der Waals surface area contributed by atoms with Crippen LogP contribution in [0.15, 0.2) is 53.1 Å². The summed E-state index contributed by atoms with van der Waals surface area (Å²) in [5.41, 5.74) is 1.30. The molecule has 0 unspecified atom stereocenters. The van der Waals surface area contributed by atoms with Crippen molar-refractivity contribution in [3.63, 3.8) is 0 Å². The Bertz CT molecular complexity index is 992. The number of carbonyl (C=O) groups is 1. The molecule has 2 aromatic carbocycles. The number of hydrogen-bond acceptors (Lipinski definition) is 6. The fourth-order valence-corrected chi connectivity index (χ4v) is 3.29. The van der Waals surface area contributed by atoms with E-state index in [1.807, 2.05) is 30.3 Å². The van der Waals surface area contributed by atoms with Gasteiger partial charge in [-0.2, -0.15) is 0 Å². The van der Waals surface area contributed by atoms with E-state index in [0.29, 0.717) is 22.7 Å². The van der Waals surface area contributed by atoms with E-state index >= 15 is 0 Å². The Balaban J connectivity index is 1.72. The lowest BCUT2D eigenvalue weighted by molar-refractivity contribution is -0.678. The number of carbonyl (C=O) groups excluding carboxylic acids is 1. The Labute approximate surface area is 167 Å². The maximum atomic E-state index is 13.5. The molecule has 0 N–H and O–H groups in total. The molecule has 1 fully saturated rings. The topological polar surface area (TPSA) is 91.7 Å². The molecule has 1 saturated carbocycles. The molecule has 1 amide bonds. The highest BCUT2D eigenvalue weighted by atomic mass is 16.6. The summed E-state index contributed by atoms with van der Waals surface area (Å²) in [5.74, 6) is 0.00788. The monoisotopic (exact) mass is 395 g/mol. The van der Waals surface area contributed by atoms with Crippen LogP contribution in [0.5, 0.6) is 17.4 Å². The minimum Gasteiger partial charge on any atom is -0.539 e. The Morgan fingerprint density at radius 1 is 1.14 bits per heavy atom. The summed E-state index contributed by atoms with van der Waals surface area (Å²) in [6.45, 7) is 0.0714. The van der Waals surface area contributed by atoms with Gasteiger partial charge < -0.3 is 24.0 Å². The molecular formula is C21H21N3O5. The molecule has 0 bridgehead atoms. The van der Waals surface area contributed by atoms with Crippen molar-refractivity contribution in [3.8, 4) is 23.1 Å². The van der Waals surface area contributed by atoms with Crippen molar-refractivity contribution in [2.45, 2.75) is 25.4 Å². The fraction of sp³-hybridized carbons (Fsp3) is 0.286. The van der Waals surface area contributed by atoms with Crippen molar-refractivity contribution in [3.05, 3.63) is 59.8 Å². The van der Waals surface area contributed by atoms with Gasteiger partial charge in [-0.25, -0.2) is 0 Å². The van der Waals surface area contributed by atoms with Crippen molar-refractivity contribution in [1.29, 1.82) is 0 Å². The Morgan fingerprint density at radius 3 is 2.38 bits per heavy atom. The molecule has 0 spiro atoms. The molecule has 3 aromatic rings. The van der Waals surface area contributed by atoms with Crippen LogP contribution in [0.2, 0.25) is 0 Å². The van der Waals surface area contributed by atoms with E-state index < -0.39 is 5.95 Å². The van der Waals surface area contributed by atoms with E-state index in [9.17, 15) is 9.90 Å². The van der Waals surface area contributed by atoms with Gasteiger partial charge in [0.2, 0.25) is 5.69 Å². The summed E-state index contributed by atoms with van der Waals surface area (Å²) in [4.78, 5) is 15.1. The first-order valence-corrected chi connectivity index (χ1v) is 9.29. The van der Waals surface area contributed by atoms with Crippen LogP contribution in [0.3, 0.4) is 0 Å². The number of amides is 1. The van der Waals surface area contributed by atoms with Crippen LogP contribution in [0.1, 0.15) is 28.9 Å². The third-order valence-electron chi connectivity index (χ3n) is 4.91. The zero-order chi connectivity index (χ0) is 20.4. The van der Waals surface area contributed by atoms with Gasteiger partial charge in [0.25, 0.3) is 11.6 Å². The van der Waals surface area contributed by atoms with E-state index in [-0.39, 0.29) is 24.2 Å². The van der Waals surface area contributed by atoms with Gasteiger partial charge in [-0.3, -0.25) is 4.79 Å². The van der Waals surface area contributed by atoms with Crippen LogP contribution < -0.4 is 19.3 Å². The van der Waals surface area contributed by atoms with Crippen LogP contribution >= 0.6 is 0 Å². The number of methoxy groups -OCH3 is 2. The normalized spacial score (nSPS) is 13.2. The van der Waals surface area contributed by atoms with Gasteiger partial charge in [0.05, 0.1) is 19.5 Å². The Hall–Kier alpha value is -3.55. The van der Waals surface area contributed by atoms with E-state index in [4.69, 9.17) is 14.0 Å². The average molecular weight is 395 g/mol. The van der Waals surface area contributed by atoms with E-state index in [1.54, 1.807) is 23.1 Å². The van der Waals surface area contributed by atoms with Gasteiger partial charge in [0, 0.05) is 18.2 Å². The van der Waals surface area contributed by atoms with Gasteiger partial charge in [0.1, 0.15) is 23.6 Å². The maximum Gasteiger partial charge on any atom is 0.262 e. The lowest BCUT2D eigenvalue weighted by atomic mass is 10.1. The molecule has 0 aliphatic heterocycles. The molecule has 0 atom stereocenters. The zero-order valence-electron chi connectivity index (χ0n) is 16.2. The number of rotatable bonds is 7. The third kappa shape index (κ3) is 3.61. The van der Waals surface area contributed by atoms with Crippen molar-refractivity contribution in [2.24, 2.45) is 0 Å². The lowest BCUT2D eigenvalue weighted by Gasteiger charge is -2.23. The molecule has 8 nitrogen and oxygen atoms in total. The Morgan fingerprint density at radius 2 is 1.79 bits per heavy atom. The van der Waals surface area contributed by atoms with Gasteiger partial charge in [-0.05, 0) is 29.7 Å². The van der Waals surface area contributed by atoms with Gasteiger partial charge in [0.15, 0.2) is 5.95 Å². The second kappa shape index (κ2) is 7.83. The standard InChI is InChI=1S/C21H21N3O5/c1-27-17-9-6-10-18(28-2)19(17)20(25)23(14-11-12-14)13-16-21(26)29-22-24(16)15-7-4-3-5-8-15/h3-10,14H,11-13H2,1-2H3. The predicted octanol–water partition coefficient (Wildman–Crippen LogP) is 1.85. The predicted molar refractivity (Wildman–Crippen MR) is 99.9 cm³/mol. The van der Waals surface area contributed by atoms with Crippen LogP contribution in [0.4, 0.5) is 0 Å². The summed E-state index contributed by atoms with van der Waals surface area (Å²) in [5, 5.41) is 16.2. The SMILES string of the molecule is COc1cccc(OC)c1C(=O)N(Cc1c([O-])on[n+]1-c1ccccc1)C1CC1. The minimum absolute atomic E-state index is 0.0376. The van der Waals surface area contributed by atoms with Crippen molar-refractivity contribution in [2.75, 3.05) is 14.2 Å². The zero-order valence-corrected chi connectivity index (χ0v) is 16.2. The lowest BCUT2D eigenvalue weighted by Crippen LogP contribution is -2.42. The molecule has 0 radical (unpaired) electrons. The third-order valence-corrected chi connectivity index (χ3v) is 4.91. The number of aromatic nitrogens is 2. The van der Waals surface area contributed by atoms with Gasteiger partial charge in [-0.15, -0.1) is 0 Å². The molecule has 8 heteroatoms. The summed E-state index contributed by atoms with van der Waals surface area (Å²) in [6, 6.07) is 14.4. The van der Waals surface area contributed by atoms with Crippen LogP contribution in [-0.2, 0) is 6.54 Å². The number of ether oxygens (including phenoxy) is 2. The maximum absolute atomic E-state index is 13.5. The first-order chi connectivity index (χ1) is 14.1. The van der Waals surface area contributed by atoms with Gasteiger partial charge in [-0.1, -0.05) is 24.3 Å². The quantitative estimate of drug-likeness (QED) is 0.567. The van der Waals surface area contributed by atoms with Crippen LogP contribution in [0.25, 0.3) is 5.69 Å². The molecule has 1 aromatic heterocycles. The van der Waals surface area contributed by atoms with E-state index in [0.717, 1.165) is 12.8 Å². The highest BCUT2D eigenvalue weighted by Crippen LogP contribution is 2.35. The van der Waals surface area contributed by atoms with Crippen LogP contribution in [-0.4, -0.2) is 36.3 Å². The molecule has 1 aliphatic carbocycles. The van der Waals surface area contributed by atoms with Crippen molar-refractivity contribution >= 4 is 5.91 Å². The molecule has 1 heterocycles. The highest BCUT2D eigenvalue weighted by molar-refractivity contribution is 6.00. The first-order valence-electron chi connectivity index (χ1n) is 9.29. The molecular weight excluding hydrogens is 374 g/mol. The van der Waals surface area contributed by atoms with Crippen LogP contribution in [0, 0.1) is 0 Å². The summed E-state index contributed by atoms with van der Waals surface area (Å²) >= 11 is 0. The summed E-state index contributed by atoms with van der Waals surface area (Å²) < 4.78 is 17.1.